The second kappa shape index (κ2) is 11.4. The largest absolute Gasteiger partial charge is 0.349 e. The Bertz CT molecular complexity index is 1800. The summed E-state index contributed by atoms with van der Waals surface area (Å²) in [5.41, 5.74) is 3.81. The van der Waals surface area contributed by atoms with E-state index in [2.05, 4.69) is 52.0 Å². The maximum Gasteiger partial charge on any atom is 0.320 e. The fourth-order valence-electron chi connectivity index (χ4n) is 9.59. The number of anilines is 1. The number of rotatable bonds is 6. The van der Waals surface area contributed by atoms with Gasteiger partial charge in [-0.3, -0.25) is 19.5 Å². The molecule has 3 aromatic rings. The topological polar surface area (TPSA) is 96.8 Å². The average molecular weight is 695 g/mol. The number of aromatic nitrogens is 4. The number of aromatic amines is 1. The summed E-state index contributed by atoms with van der Waals surface area (Å²) in [6.45, 7) is 17.5. The number of piperazine rings is 1. The van der Waals surface area contributed by atoms with E-state index in [-0.39, 0.29) is 35.0 Å². The van der Waals surface area contributed by atoms with Gasteiger partial charge in [-0.05, 0) is 64.5 Å². The van der Waals surface area contributed by atoms with Crippen LogP contribution in [-0.4, -0.2) is 123 Å². The fourth-order valence-corrected chi connectivity index (χ4v) is 10.0. The number of H-pyrrole nitrogens is 1. The van der Waals surface area contributed by atoms with Crippen molar-refractivity contribution in [1.29, 1.82) is 0 Å². The maximum atomic E-state index is 12.5. The zero-order valence-electron chi connectivity index (χ0n) is 28.3. The Balaban J connectivity index is 1.08. The minimum atomic E-state index is -0.157. The predicted octanol–water partition coefficient (Wildman–Crippen LogP) is 5.44. The first-order valence-electron chi connectivity index (χ1n) is 17.2. The van der Waals surface area contributed by atoms with E-state index in [1.807, 2.05) is 34.0 Å². The highest BCUT2D eigenvalue weighted by Gasteiger charge is 2.55. The van der Waals surface area contributed by atoms with Gasteiger partial charge < -0.3 is 19.6 Å². The fraction of sp³-hybridized carbons (Fsp3) is 0.600. The Morgan fingerprint density at radius 3 is 2.60 bits per heavy atom. The van der Waals surface area contributed by atoms with E-state index in [4.69, 9.17) is 28.3 Å². The molecule has 5 aliphatic rings. The highest BCUT2D eigenvalue weighted by molar-refractivity contribution is 6.45. The van der Waals surface area contributed by atoms with Crippen LogP contribution in [0.5, 0.6) is 0 Å². The number of piperidine rings is 1. The van der Waals surface area contributed by atoms with Crippen molar-refractivity contribution in [2.75, 3.05) is 64.3 Å². The second-order valence-electron chi connectivity index (χ2n) is 15.7. The molecule has 2 atom stereocenters. The van der Waals surface area contributed by atoms with Crippen LogP contribution in [0.3, 0.4) is 0 Å². The summed E-state index contributed by atoms with van der Waals surface area (Å²) in [6.07, 6.45) is 7.31. The Kier molecular flexibility index (Phi) is 7.58. The quantitative estimate of drug-likeness (QED) is 0.346. The molecular formula is C35H45Cl2N9O2. The first-order valence-corrected chi connectivity index (χ1v) is 18.0. The van der Waals surface area contributed by atoms with Gasteiger partial charge in [0, 0.05) is 92.6 Å². The molecule has 1 N–H and O–H groups in total. The summed E-state index contributed by atoms with van der Waals surface area (Å²) in [4.78, 5) is 35.5. The van der Waals surface area contributed by atoms with Crippen LogP contribution in [0, 0.1) is 18.3 Å². The van der Waals surface area contributed by atoms with Crippen LogP contribution in [0.15, 0.2) is 24.9 Å². The highest BCUT2D eigenvalue weighted by Crippen LogP contribution is 2.56. The number of hydrogen-bond donors (Lipinski definition) is 1. The minimum absolute atomic E-state index is 0.0118. The van der Waals surface area contributed by atoms with Crippen LogP contribution in [0.2, 0.25) is 10.0 Å². The molecule has 4 saturated heterocycles. The number of hydrogen-bond acceptors (Lipinski definition) is 6. The van der Waals surface area contributed by atoms with Crippen molar-refractivity contribution in [2.45, 2.75) is 64.1 Å². The van der Waals surface area contributed by atoms with Crippen molar-refractivity contribution in [3.63, 3.8) is 0 Å². The number of likely N-dealkylation sites (N-methyl/N-ethyl adjacent to an activating group) is 1. The van der Waals surface area contributed by atoms with Crippen molar-refractivity contribution in [3.05, 3.63) is 40.7 Å². The average Bonchev–Trinajstić information content (AvgIpc) is 3.67. The highest BCUT2D eigenvalue weighted by atomic mass is 35.5. The van der Waals surface area contributed by atoms with Crippen molar-refractivity contribution >= 4 is 51.9 Å². The minimum Gasteiger partial charge on any atom is -0.349 e. The molecule has 256 valence electrons. The molecule has 1 spiro atoms. The molecule has 2 aromatic heterocycles. The van der Waals surface area contributed by atoms with Gasteiger partial charge in [0.25, 0.3) is 0 Å². The van der Waals surface area contributed by atoms with E-state index in [1.165, 1.54) is 6.08 Å². The van der Waals surface area contributed by atoms with Crippen LogP contribution >= 0.6 is 23.2 Å². The summed E-state index contributed by atoms with van der Waals surface area (Å²) in [6, 6.07) is 2.54. The van der Waals surface area contributed by atoms with Crippen molar-refractivity contribution in [3.8, 4) is 11.1 Å². The molecule has 4 aliphatic heterocycles. The molecule has 1 saturated carbocycles. The van der Waals surface area contributed by atoms with Gasteiger partial charge in [0.15, 0.2) is 5.82 Å². The van der Waals surface area contributed by atoms with Crippen LogP contribution in [0.25, 0.3) is 22.0 Å². The van der Waals surface area contributed by atoms with E-state index in [0.717, 1.165) is 112 Å². The predicted molar refractivity (Wildman–Crippen MR) is 189 cm³/mol. The molecule has 0 radical (unpaired) electrons. The molecule has 1 aromatic carbocycles. The summed E-state index contributed by atoms with van der Waals surface area (Å²) >= 11 is 13.8. The summed E-state index contributed by atoms with van der Waals surface area (Å²) in [7, 11) is 1.91. The zero-order chi connectivity index (χ0) is 33.7. The third-order valence-electron chi connectivity index (χ3n) is 11.9. The lowest BCUT2D eigenvalue weighted by molar-refractivity contribution is -0.149. The first kappa shape index (κ1) is 32.0. The zero-order valence-corrected chi connectivity index (χ0v) is 29.8. The van der Waals surface area contributed by atoms with Crippen molar-refractivity contribution in [1.82, 2.24) is 39.6 Å². The molecular weight excluding hydrogens is 649 g/mol. The third-order valence-corrected chi connectivity index (χ3v) is 12.7. The maximum absolute atomic E-state index is 12.5. The first-order chi connectivity index (χ1) is 22.9. The Morgan fingerprint density at radius 1 is 1.10 bits per heavy atom. The number of fused-ring (bicyclic) bond motifs is 2. The third kappa shape index (κ3) is 5.02. The number of halogens is 2. The van der Waals surface area contributed by atoms with Gasteiger partial charge in [0.2, 0.25) is 5.91 Å². The number of urea groups is 1. The van der Waals surface area contributed by atoms with Gasteiger partial charge in [-0.2, -0.15) is 10.2 Å². The molecule has 11 nitrogen and oxygen atoms in total. The monoisotopic (exact) mass is 693 g/mol. The van der Waals surface area contributed by atoms with E-state index < -0.39 is 0 Å². The standard InChI is InChI=1S/C35H45Cl2N9O2/c1-6-28(47)43-19-35(20-43)13-23(14-35)46-21(2)29(30-25-15-38-39-27(25)11-26(36)31(30)37)32(40-46)45-8-7-22(12-34(45,3)4)16-42-9-10-44-24(18-42)17-41(5)33(44)48/h6,11,15,22-24H,1,7-10,12-14,16-20H2,2-5H3,(H,38,39)/t22-,24?/m1/s1. The lowest BCUT2D eigenvalue weighted by Gasteiger charge is -2.58. The molecule has 1 aliphatic carbocycles. The van der Waals surface area contributed by atoms with E-state index in [1.54, 1.807) is 0 Å². The summed E-state index contributed by atoms with van der Waals surface area (Å²) in [5, 5.41) is 14.8. The number of carbonyl (C=O) groups excluding carboxylic acids is 2. The van der Waals surface area contributed by atoms with Crippen molar-refractivity contribution in [2.24, 2.45) is 11.3 Å². The van der Waals surface area contributed by atoms with Crippen LogP contribution < -0.4 is 4.90 Å². The van der Waals surface area contributed by atoms with E-state index >= 15 is 0 Å². The number of benzene rings is 1. The molecule has 0 bridgehead atoms. The molecule has 3 amide bonds. The Hall–Kier alpha value is -3.28. The Labute approximate surface area is 291 Å². The van der Waals surface area contributed by atoms with E-state index in [0.29, 0.717) is 16.0 Å². The van der Waals surface area contributed by atoms with Crippen LogP contribution in [0.4, 0.5) is 10.6 Å². The lowest BCUT2D eigenvalue weighted by Crippen LogP contribution is -2.63. The smallest absolute Gasteiger partial charge is 0.320 e. The second-order valence-corrected chi connectivity index (χ2v) is 16.4. The lowest BCUT2D eigenvalue weighted by atomic mass is 9.60. The van der Waals surface area contributed by atoms with Gasteiger partial charge in [0.05, 0.1) is 33.8 Å². The van der Waals surface area contributed by atoms with Crippen LogP contribution in [0.1, 0.15) is 51.3 Å². The molecule has 6 heterocycles. The molecule has 13 heteroatoms. The van der Waals surface area contributed by atoms with Crippen LogP contribution in [-0.2, 0) is 4.79 Å². The van der Waals surface area contributed by atoms with Gasteiger partial charge in [0.1, 0.15) is 0 Å². The molecule has 48 heavy (non-hydrogen) atoms. The number of likely N-dealkylation sites (tertiary alicyclic amines) is 1. The number of nitrogens with zero attached hydrogens (tertiary/aromatic N) is 8. The molecule has 8 rings (SSSR count). The SMILES string of the molecule is C=CC(=O)N1CC2(CC(n3nc(N4CC[C@@H](CN5CCN6C(=O)N(C)CC6C5)CC4(C)C)c(-c4c(Cl)c(Cl)cc5[nH]ncc45)c3C)C2)C1. The number of nitrogens with one attached hydrogen (secondary N) is 1. The summed E-state index contributed by atoms with van der Waals surface area (Å²) in [5.74, 6) is 1.51. The number of carbonyl (C=O) groups is 2. The van der Waals surface area contributed by atoms with Gasteiger partial charge in [-0.25, -0.2) is 4.79 Å². The molecule has 1 unspecified atom stereocenters. The normalized spacial score (nSPS) is 25.5. The Morgan fingerprint density at radius 2 is 1.88 bits per heavy atom. The summed E-state index contributed by atoms with van der Waals surface area (Å²) < 4.78 is 2.22. The van der Waals surface area contributed by atoms with E-state index in [9.17, 15) is 9.59 Å². The van der Waals surface area contributed by atoms with Gasteiger partial charge in [-0.15, -0.1) is 0 Å². The van der Waals surface area contributed by atoms with Gasteiger partial charge >= 0.3 is 6.03 Å². The number of amides is 3. The van der Waals surface area contributed by atoms with Gasteiger partial charge in [-0.1, -0.05) is 29.8 Å². The van der Waals surface area contributed by atoms with Crippen molar-refractivity contribution < 1.29 is 9.59 Å². The molecule has 5 fully saturated rings.